The summed E-state index contributed by atoms with van der Waals surface area (Å²) in [6.45, 7) is 12.0. The maximum Gasteiger partial charge on any atom is 0.472 e. The van der Waals surface area contributed by atoms with Crippen LogP contribution in [0.1, 0.15) is 440 Å². The number of esters is 4. The van der Waals surface area contributed by atoms with Gasteiger partial charge in [0, 0.05) is 25.7 Å². The highest BCUT2D eigenvalue weighted by Gasteiger charge is 2.30. The number of phosphoric acid groups is 2. The molecule has 0 heterocycles. The van der Waals surface area contributed by atoms with E-state index >= 15 is 0 Å². The number of rotatable bonds is 82. The summed E-state index contributed by atoms with van der Waals surface area (Å²) in [5.41, 5.74) is 0. The highest BCUT2D eigenvalue weighted by atomic mass is 31.2. The number of unbranched alkanes of at least 4 members (excludes halogenated alkanes) is 47. The quantitative estimate of drug-likeness (QED) is 0.0222. The van der Waals surface area contributed by atoms with Crippen LogP contribution in [0.2, 0.25) is 0 Å². The standard InChI is InChI=1S/C84H164O17P2/c1-8-12-13-14-15-16-17-18-19-20-21-22-23-28-31-37-46-53-60-67-83(88)100-79(71-94-81(86)65-58-51-44-36-30-27-25-24-26-29-34-41-48-55-62-75(5)9-2)73-98-102(90,91)96-69-78(85)70-97-103(92,93)99-74-80(72-95-82(87)66-59-52-45-40-39-43-50-57-64-77(7)11-4)101-84(89)68-61-54-47-38-33-32-35-42-49-56-63-76(6)10-3/h75-80,85H,8-74H2,1-7H3,(H,90,91)(H,92,93)/t75?,76?,77?,78-,79-,80-/m1/s1. The van der Waals surface area contributed by atoms with Crippen LogP contribution in [0, 0.1) is 17.8 Å². The van der Waals surface area contributed by atoms with E-state index in [-0.39, 0.29) is 25.7 Å². The number of aliphatic hydroxyl groups excluding tert-OH is 1. The molecule has 0 amide bonds. The van der Waals surface area contributed by atoms with Gasteiger partial charge in [-0.2, -0.15) is 0 Å². The minimum atomic E-state index is -4.97. The third-order valence-electron chi connectivity index (χ3n) is 20.7. The summed E-state index contributed by atoms with van der Waals surface area (Å²) < 4.78 is 68.9. The number of carbonyl (C=O) groups excluding carboxylic acids is 4. The smallest absolute Gasteiger partial charge is 0.462 e. The van der Waals surface area contributed by atoms with E-state index in [2.05, 4.69) is 48.5 Å². The first-order valence-corrected chi connectivity index (χ1v) is 46.5. The predicted octanol–water partition coefficient (Wildman–Crippen LogP) is 25.3. The lowest BCUT2D eigenvalue weighted by Crippen LogP contribution is -2.30. The molecule has 612 valence electrons. The van der Waals surface area contributed by atoms with E-state index in [9.17, 15) is 43.2 Å². The molecule has 0 spiro atoms. The van der Waals surface area contributed by atoms with Gasteiger partial charge >= 0.3 is 39.5 Å². The number of ether oxygens (including phenoxy) is 4. The van der Waals surface area contributed by atoms with E-state index in [0.717, 1.165) is 108 Å². The highest BCUT2D eigenvalue weighted by molar-refractivity contribution is 7.47. The van der Waals surface area contributed by atoms with Gasteiger partial charge in [-0.3, -0.25) is 37.3 Å². The average Bonchev–Trinajstić information content (AvgIpc) is 0.925. The van der Waals surface area contributed by atoms with Crippen LogP contribution in [0.4, 0.5) is 0 Å². The molecule has 0 radical (unpaired) electrons. The van der Waals surface area contributed by atoms with Crippen molar-refractivity contribution >= 4 is 39.5 Å². The molecule has 0 fully saturated rings. The molecule has 0 saturated heterocycles. The van der Waals surface area contributed by atoms with Crippen molar-refractivity contribution in [3.8, 4) is 0 Å². The van der Waals surface area contributed by atoms with E-state index in [1.165, 1.54) is 250 Å². The zero-order valence-corrected chi connectivity index (χ0v) is 69.6. The fourth-order valence-electron chi connectivity index (χ4n) is 12.9. The lowest BCUT2D eigenvalue weighted by atomic mass is 9.99. The number of hydrogen-bond acceptors (Lipinski definition) is 15. The Bertz CT molecular complexity index is 2000. The molecule has 0 rings (SSSR count). The maximum absolute atomic E-state index is 13.1. The Labute approximate surface area is 632 Å². The zero-order chi connectivity index (χ0) is 75.8. The third-order valence-corrected chi connectivity index (χ3v) is 22.6. The van der Waals surface area contributed by atoms with Crippen molar-refractivity contribution in [1.82, 2.24) is 0 Å². The molecular weight excluding hydrogens is 1340 g/mol. The molecule has 3 N–H and O–H groups in total. The summed E-state index contributed by atoms with van der Waals surface area (Å²) in [5.74, 6) is 0.323. The Morgan fingerprint density at radius 2 is 0.466 bits per heavy atom. The minimum Gasteiger partial charge on any atom is -0.462 e. The Morgan fingerprint density at radius 3 is 0.689 bits per heavy atom. The van der Waals surface area contributed by atoms with Crippen LogP contribution in [0.15, 0.2) is 0 Å². The van der Waals surface area contributed by atoms with Crippen LogP contribution in [0.5, 0.6) is 0 Å². The van der Waals surface area contributed by atoms with Gasteiger partial charge < -0.3 is 33.8 Å². The van der Waals surface area contributed by atoms with Gasteiger partial charge in [-0.1, -0.05) is 389 Å². The van der Waals surface area contributed by atoms with Crippen LogP contribution in [0.25, 0.3) is 0 Å². The first-order chi connectivity index (χ1) is 49.8. The van der Waals surface area contributed by atoms with Crippen molar-refractivity contribution in [2.45, 2.75) is 458 Å². The van der Waals surface area contributed by atoms with Crippen LogP contribution < -0.4 is 0 Å². The SMILES string of the molecule is CCCCCCCCCCCCCCCCCCCCCC(=O)O[C@H](COC(=O)CCCCCCCCCCCCCCCCC(C)CC)COP(=O)(O)OC[C@@H](O)COP(=O)(O)OC[C@@H](COC(=O)CCCCCCCCCCC(C)CC)OC(=O)CCCCCCCCCCCCC(C)CC. The van der Waals surface area contributed by atoms with Crippen LogP contribution in [0.3, 0.4) is 0 Å². The first kappa shape index (κ1) is 101. The third kappa shape index (κ3) is 74.0. The predicted molar refractivity (Wildman–Crippen MR) is 423 cm³/mol. The average molecular weight is 1510 g/mol. The second-order valence-electron chi connectivity index (χ2n) is 30.9. The van der Waals surface area contributed by atoms with Crippen molar-refractivity contribution in [2.75, 3.05) is 39.6 Å². The Morgan fingerprint density at radius 1 is 0.272 bits per heavy atom. The topological polar surface area (TPSA) is 237 Å². The number of aliphatic hydroxyl groups is 1. The molecule has 0 bridgehead atoms. The van der Waals surface area contributed by atoms with Gasteiger partial charge in [-0.05, 0) is 43.4 Å². The van der Waals surface area contributed by atoms with Gasteiger partial charge in [0.2, 0.25) is 0 Å². The maximum atomic E-state index is 13.1. The van der Waals surface area contributed by atoms with E-state index < -0.39 is 97.5 Å². The van der Waals surface area contributed by atoms with Gasteiger partial charge in [-0.25, -0.2) is 9.13 Å². The first-order valence-electron chi connectivity index (χ1n) is 43.5. The summed E-state index contributed by atoms with van der Waals surface area (Å²) in [4.78, 5) is 73.2. The largest absolute Gasteiger partial charge is 0.472 e. The van der Waals surface area contributed by atoms with Gasteiger partial charge in [0.25, 0.3) is 0 Å². The highest BCUT2D eigenvalue weighted by Crippen LogP contribution is 2.45. The summed E-state index contributed by atoms with van der Waals surface area (Å²) in [5, 5.41) is 10.7. The molecule has 5 unspecified atom stereocenters. The van der Waals surface area contributed by atoms with Gasteiger partial charge in [0.05, 0.1) is 26.4 Å². The second-order valence-corrected chi connectivity index (χ2v) is 33.9. The molecular formula is C84H164O17P2. The summed E-state index contributed by atoms with van der Waals surface area (Å²) in [7, 11) is -9.93. The van der Waals surface area contributed by atoms with E-state index in [0.29, 0.717) is 25.7 Å². The Hall–Kier alpha value is -1.94. The molecule has 17 nitrogen and oxygen atoms in total. The molecule has 0 aromatic heterocycles. The Balaban J connectivity index is 5.27. The molecule has 8 atom stereocenters. The second kappa shape index (κ2) is 74.2. The molecule has 19 heteroatoms. The fraction of sp³-hybridized carbons (Fsp3) is 0.952. The molecule has 0 aliphatic carbocycles. The monoisotopic (exact) mass is 1510 g/mol. The van der Waals surface area contributed by atoms with Crippen LogP contribution in [-0.2, 0) is 65.4 Å². The summed E-state index contributed by atoms with van der Waals surface area (Å²) >= 11 is 0. The summed E-state index contributed by atoms with van der Waals surface area (Å²) in [6.07, 6.45) is 63.6. The van der Waals surface area contributed by atoms with E-state index in [1.54, 1.807) is 0 Å². The zero-order valence-electron chi connectivity index (χ0n) is 67.8. The van der Waals surface area contributed by atoms with Gasteiger partial charge in [0.15, 0.2) is 12.2 Å². The lowest BCUT2D eigenvalue weighted by molar-refractivity contribution is -0.161. The number of hydrogen-bond donors (Lipinski definition) is 3. The van der Waals surface area contributed by atoms with Gasteiger partial charge in [-0.15, -0.1) is 0 Å². The van der Waals surface area contributed by atoms with Crippen LogP contribution in [-0.4, -0.2) is 96.7 Å². The van der Waals surface area contributed by atoms with Gasteiger partial charge in [0.1, 0.15) is 19.3 Å². The van der Waals surface area contributed by atoms with E-state index in [1.807, 2.05) is 0 Å². The van der Waals surface area contributed by atoms with Crippen molar-refractivity contribution in [3.05, 3.63) is 0 Å². The molecule has 103 heavy (non-hydrogen) atoms. The molecule has 0 aliphatic heterocycles. The van der Waals surface area contributed by atoms with Crippen molar-refractivity contribution in [2.24, 2.45) is 17.8 Å². The Kier molecular flexibility index (Phi) is 72.8. The number of phosphoric ester groups is 2. The van der Waals surface area contributed by atoms with E-state index in [4.69, 9.17) is 37.0 Å². The minimum absolute atomic E-state index is 0.106. The van der Waals surface area contributed by atoms with Crippen LogP contribution >= 0.6 is 15.6 Å². The van der Waals surface area contributed by atoms with Crippen molar-refractivity contribution < 1.29 is 80.2 Å². The summed E-state index contributed by atoms with van der Waals surface area (Å²) in [6, 6.07) is 0. The normalized spacial score (nSPS) is 14.7. The molecule has 0 aromatic carbocycles. The van der Waals surface area contributed by atoms with Crippen molar-refractivity contribution in [1.29, 1.82) is 0 Å². The fourth-order valence-corrected chi connectivity index (χ4v) is 14.5. The van der Waals surface area contributed by atoms with Crippen molar-refractivity contribution in [3.63, 3.8) is 0 Å². The molecule has 0 aliphatic rings. The molecule has 0 aromatic rings. The number of carbonyl (C=O) groups is 4. The molecule has 0 saturated carbocycles. The lowest BCUT2D eigenvalue weighted by Gasteiger charge is -2.21.